The Morgan fingerprint density at radius 2 is 1.89 bits per heavy atom. The molecule has 2 aromatic rings. The normalized spacial score (nSPS) is 12.0. The van der Waals surface area contributed by atoms with Gasteiger partial charge in [-0.05, 0) is 51.5 Å². The van der Waals surface area contributed by atoms with E-state index in [2.05, 4.69) is 26.1 Å². The van der Waals surface area contributed by atoms with Crippen LogP contribution in [0.25, 0.3) is 0 Å². The van der Waals surface area contributed by atoms with Crippen molar-refractivity contribution in [3.63, 3.8) is 0 Å². The minimum absolute atomic E-state index is 0.0849. The van der Waals surface area contributed by atoms with Crippen molar-refractivity contribution in [1.82, 2.24) is 9.88 Å². The molecule has 2 rings (SSSR count). The molecule has 0 aliphatic heterocycles. The maximum Gasteiger partial charge on any atom is 0.271 e. The van der Waals surface area contributed by atoms with Crippen molar-refractivity contribution in [2.75, 3.05) is 14.1 Å². The van der Waals surface area contributed by atoms with Crippen LogP contribution in [-0.4, -0.2) is 46.3 Å². The third kappa shape index (κ3) is 5.29. The van der Waals surface area contributed by atoms with E-state index in [1.165, 1.54) is 17.0 Å². The van der Waals surface area contributed by atoms with Crippen molar-refractivity contribution in [3.8, 4) is 5.75 Å². The number of aryl methyl sites for hydroxylation is 1. The number of carbonyl (C=O) groups is 1. The zero-order chi connectivity index (χ0) is 20.4. The van der Waals surface area contributed by atoms with Crippen LogP contribution in [-0.2, 0) is 4.84 Å². The molecule has 144 valence electrons. The average Bonchev–Trinajstić information content (AvgIpc) is 2.57. The average molecular weight is 434 g/mol. The van der Waals surface area contributed by atoms with Crippen molar-refractivity contribution in [2.45, 2.75) is 33.3 Å². The maximum absolute atomic E-state index is 12.3. The quantitative estimate of drug-likeness (QED) is 0.580. The van der Waals surface area contributed by atoms with E-state index in [0.717, 1.165) is 10.0 Å². The van der Waals surface area contributed by atoms with E-state index in [-0.39, 0.29) is 23.0 Å². The van der Waals surface area contributed by atoms with Crippen molar-refractivity contribution in [3.05, 3.63) is 57.3 Å². The number of nitrogens with zero attached hydrogens (tertiary/aromatic N) is 3. The molecule has 0 atom stereocenters. The monoisotopic (exact) mass is 433 g/mol. The van der Waals surface area contributed by atoms with Crippen molar-refractivity contribution >= 4 is 27.5 Å². The van der Waals surface area contributed by atoms with E-state index >= 15 is 0 Å². The van der Waals surface area contributed by atoms with Crippen LogP contribution in [0.5, 0.6) is 5.75 Å². The predicted octanol–water partition coefficient (Wildman–Crippen LogP) is 4.13. The van der Waals surface area contributed by atoms with Crippen LogP contribution < -0.4 is 0 Å². The molecule has 0 bridgehead atoms. The number of carbonyl (C=O) groups excluding carboxylic acids is 1. The molecule has 0 aliphatic carbocycles. The van der Waals surface area contributed by atoms with Gasteiger partial charge in [0, 0.05) is 24.1 Å². The first kappa shape index (κ1) is 20.9. The van der Waals surface area contributed by atoms with Gasteiger partial charge in [0.1, 0.15) is 28.5 Å². The fourth-order valence-corrected chi connectivity index (χ4v) is 2.51. The van der Waals surface area contributed by atoms with Gasteiger partial charge in [0.05, 0.1) is 0 Å². The number of halogens is 1. The Balaban J connectivity index is 2.64. The molecule has 0 unspecified atom stereocenters. The summed E-state index contributed by atoms with van der Waals surface area (Å²) < 4.78 is 0.892. The van der Waals surface area contributed by atoms with Gasteiger partial charge in [-0.25, -0.2) is 4.98 Å². The molecule has 1 aromatic carbocycles. The van der Waals surface area contributed by atoms with E-state index in [1.54, 1.807) is 14.1 Å². The highest BCUT2D eigenvalue weighted by Gasteiger charge is 2.21. The summed E-state index contributed by atoms with van der Waals surface area (Å²) in [6.45, 7) is 7.60. The van der Waals surface area contributed by atoms with Gasteiger partial charge in [-0.15, -0.1) is 0 Å². The lowest BCUT2D eigenvalue weighted by molar-refractivity contribution is 0.00110. The molecule has 1 N–H and O–H groups in total. The van der Waals surface area contributed by atoms with Crippen LogP contribution in [0.1, 0.15) is 48.1 Å². The number of aromatic hydroxyl groups is 1. The Labute approximate surface area is 168 Å². The van der Waals surface area contributed by atoms with Crippen LogP contribution >= 0.6 is 15.9 Å². The summed E-state index contributed by atoms with van der Waals surface area (Å²) in [6, 6.07) is 8.59. The lowest BCUT2D eigenvalue weighted by atomic mass is 10.0. The zero-order valence-corrected chi connectivity index (χ0v) is 18.0. The number of aromatic nitrogens is 1. The van der Waals surface area contributed by atoms with Crippen molar-refractivity contribution in [1.29, 1.82) is 0 Å². The number of benzene rings is 1. The van der Waals surface area contributed by atoms with Gasteiger partial charge in [0.2, 0.25) is 0 Å². The van der Waals surface area contributed by atoms with Crippen LogP contribution in [0.15, 0.2) is 40.0 Å². The predicted molar refractivity (Wildman–Crippen MR) is 109 cm³/mol. The summed E-state index contributed by atoms with van der Waals surface area (Å²) in [4.78, 5) is 23.7. The van der Waals surface area contributed by atoms with Crippen LogP contribution in [0, 0.1) is 6.92 Å². The number of hydrogen-bond acceptors (Lipinski definition) is 5. The lowest BCUT2D eigenvalue weighted by Crippen LogP contribution is -2.24. The summed E-state index contributed by atoms with van der Waals surface area (Å²) >= 11 is 3.51. The number of pyridine rings is 1. The molecule has 6 nitrogen and oxygen atoms in total. The largest absolute Gasteiger partial charge is 0.506 e. The van der Waals surface area contributed by atoms with Gasteiger partial charge < -0.3 is 14.8 Å². The summed E-state index contributed by atoms with van der Waals surface area (Å²) in [5, 5.41) is 14.7. The second kappa shape index (κ2) is 8.08. The highest BCUT2D eigenvalue weighted by molar-refractivity contribution is 9.10. The molecule has 0 saturated carbocycles. The molecule has 0 spiro atoms. The standard InChI is InChI=1S/C20H24BrN3O3/c1-12-7-8-13(11-14(12)21)17(23-27-20(2,3)4)18-16(25)10-9-15(22-18)19(26)24(5)6/h7-11,25H,1-6H3/b23-17-. The zero-order valence-electron chi connectivity index (χ0n) is 16.4. The Bertz CT molecular complexity index is 887. The van der Waals surface area contributed by atoms with E-state index < -0.39 is 5.60 Å². The van der Waals surface area contributed by atoms with Gasteiger partial charge in [0.15, 0.2) is 0 Å². The number of hydrogen-bond donors (Lipinski definition) is 1. The first-order valence-corrected chi connectivity index (χ1v) is 9.23. The minimum atomic E-state index is -0.528. The third-order valence-electron chi connectivity index (χ3n) is 3.58. The number of amides is 1. The van der Waals surface area contributed by atoms with Gasteiger partial charge in [-0.3, -0.25) is 4.79 Å². The Kier molecular flexibility index (Phi) is 6.26. The number of rotatable bonds is 4. The smallest absolute Gasteiger partial charge is 0.271 e. The molecule has 27 heavy (non-hydrogen) atoms. The molecule has 0 radical (unpaired) electrons. The van der Waals surface area contributed by atoms with E-state index in [4.69, 9.17) is 4.84 Å². The van der Waals surface area contributed by atoms with E-state index in [9.17, 15) is 9.90 Å². The van der Waals surface area contributed by atoms with Crippen molar-refractivity contribution in [2.24, 2.45) is 5.16 Å². The molecular formula is C20H24BrN3O3. The second-order valence-electron chi connectivity index (χ2n) is 7.37. The highest BCUT2D eigenvalue weighted by Crippen LogP contribution is 2.25. The molecule has 0 fully saturated rings. The lowest BCUT2D eigenvalue weighted by Gasteiger charge is -2.18. The van der Waals surface area contributed by atoms with Gasteiger partial charge in [-0.2, -0.15) is 0 Å². The Morgan fingerprint density at radius 1 is 1.22 bits per heavy atom. The SMILES string of the molecule is Cc1ccc(/C(=N/OC(C)(C)C)c2nc(C(=O)N(C)C)ccc2O)cc1Br. The fourth-order valence-electron chi connectivity index (χ4n) is 2.13. The second-order valence-corrected chi connectivity index (χ2v) is 8.23. The Morgan fingerprint density at radius 3 is 2.44 bits per heavy atom. The van der Waals surface area contributed by atoms with Crippen molar-refractivity contribution < 1.29 is 14.7 Å². The fraction of sp³-hybridized carbons (Fsp3) is 0.350. The van der Waals surface area contributed by atoms with Gasteiger partial charge >= 0.3 is 0 Å². The van der Waals surface area contributed by atoms with Crippen LogP contribution in [0.4, 0.5) is 0 Å². The van der Waals surface area contributed by atoms with E-state index in [0.29, 0.717) is 11.3 Å². The molecule has 1 heterocycles. The van der Waals surface area contributed by atoms with Crippen LogP contribution in [0.2, 0.25) is 0 Å². The molecule has 0 saturated heterocycles. The Hall–Kier alpha value is -2.41. The van der Waals surface area contributed by atoms with E-state index in [1.807, 2.05) is 45.9 Å². The molecule has 1 aromatic heterocycles. The molecule has 1 amide bonds. The van der Waals surface area contributed by atoms with Gasteiger partial charge in [0.25, 0.3) is 5.91 Å². The van der Waals surface area contributed by atoms with Gasteiger partial charge in [-0.1, -0.05) is 33.2 Å². The first-order valence-electron chi connectivity index (χ1n) is 8.44. The number of oxime groups is 1. The summed E-state index contributed by atoms with van der Waals surface area (Å²) in [5.41, 5.74) is 1.97. The molecular weight excluding hydrogens is 410 g/mol. The summed E-state index contributed by atoms with van der Waals surface area (Å²) in [5.74, 6) is -0.351. The molecule has 0 aliphatic rings. The minimum Gasteiger partial charge on any atom is -0.506 e. The third-order valence-corrected chi connectivity index (χ3v) is 4.43. The topological polar surface area (TPSA) is 75.0 Å². The first-order chi connectivity index (χ1) is 12.5. The maximum atomic E-state index is 12.3. The summed E-state index contributed by atoms with van der Waals surface area (Å²) in [6.07, 6.45) is 0. The molecule has 7 heteroatoms. The summed E-state index contributed by atoms with van der Waals surface area (Å²) in [7, 11) is 3.29. The highest BCUT2D eigenvalue weighted by atomic mass is 79.9. The van der Waals surface area contributed by atoms with Crippen LogP contribution in [0.3, 0.4) is 0 Å².